The minimum absolute atomic E-state index is 0.0678. The van der Waals surface area contributed by atoms with Crippen LogP contribution >= 0.6 is 11.8 Å². The number of amides is 4. The van der Waals surface area contributed by atoms with Crippen LogP contribution in [0.25, 0.3) is 0 Å². The summed E-state index contributed by atoms with van der Waals surface area (Å²) in [4.78, 5) is 53.9. The highest BCUT2D eigenvalue weighted by molar-refractivity contribution is 8.00. The molecule has 0 aliphatic rings. The second-order valence-electron chi connectivity index (χ2n) is 9.85. The number of nitrogens with one attached hydrogen (secondary N) is 2. The van der Waals surface area contributed by atoms with Crippen molar-refractivity contribution in [2.75, 3.05) is 41.0 Å². The van der Waals surface area contributed by atoms with E-state index in [1.807, 2.05) is 54.6 Å². The molecule has 0 aliphatic carbocycles. The van der Waals surface area contributed by atoms with Gasteiger partial charge in [0.25, 0.3) is 0 Å². The van der Waals surface area contributed by atoms with E-state index in [1.165, 1.54) is 11.8 Å². The highest BCUT2D eigenvalue weighted by atomic mass is 32.2. The molecule has 0 unspecified atom stereocenters. The molecule has 3 aromatic rings. The van der Waals surface area contributed by atoms with Gasteiger partial charge in [-0.25, -0.2) is 4.79 Å². The van der Waals surface area contributed by atoms with Crippen LogP contribution in [0.5, 0.6) is 0 Å². The van der Waals surface area contributed by atoms with Gasteiger partial charge in [0.15, 0.2) is 0 Å². The maximum Gasteiger partial charge on any atom is 0.319 e. The van der Waals surface area contributed by atoms with Gasteiger partial charge in [-0.15, -0.1) is 11.8 Å². The van der Waals surface area contributed by atoms with Gasteiger partial charge in [-0.3, -0.25) is 14.4 Å². The molecule has 0 heterocycles. The average Bonchev–Trinajstić information content (AvgIpc) is 2.95. The first-order valence-corrected chi connectivity index (χ1v) is 14.3. The summed E-state index contributed by atoms with van der Waals surface area (Å²) in [6, 6.07) is 22.8. The molecule has 0 spiro atoms. The SMILES string of the molecule is CC(C)CCN(C(=O)CNC(=O)Nc1cccc(CC(=O)O)c1)c1ccccc1SCC(=O)N(C)c1ccccc1. The normalized spacial score (nSPS) is 10.6. The minimum atomic E-state index is -0.968. The van der Waals surface area contributed by atoms with Crippen molar-refractivity contribution < 1.29 is 24.3 Å². The van der Waals surface area contributed by atoms with E-state index >= 15 is 0 Å². The lowest BCUT2D eigenvalue weighted by Gasteiger charge is -2.26. The molecule has 4 amide bonds. The van der Waals surface area contributed by atoms with Crippen molar-refractivity contribution in [2.24, 2.45) is 5.92 Å². The van der Waals surface area contributed by atoms with Gasteiger partial charge in [0.05, 0.1) is 24.4 Å². The fourth-order valence-electron chi connectivity index (χ4n) is 3.96. The van der Waals surface area contributed by atoms with Gasteiger partial charge >= 0.3 is 12.0 Å². The zero-order valence-electron chi connectivity index (χ0n) is 23.5. The Morgan fingerprint density at radius 3 is 2.32 bits per heavy atom. The number of anilines is 3. The van der Waals surface area contributed by atoms with E-state index in [1.54, 1.807) is 41.1 Å². The zero-order valence-corrected chi connectivity index (χ0v) is 24.3. The number of hydrogen-bond donors (Lipinski definition) is 3. The number of rotatable bonds is 13. The monoisotopic (exact) mass is 576 g/mol. The minimum Gasteiger partial charge on any atom is -0.481 e. The van der Waals surface area contributed by atoms with Crippen molar-refractivity contribution in [3.63, 3.8) is 0 Å². The van der Waals surface area contributed by atoms with Crippen LogP contribution in [0.1, 0.15) is 25.8 Å². The van der Waals surface area contributed by atoms with Gasteiger partial charge in [0.2, 0.25) is 11.8 Å². The Bertz CT molecular complexity index is 1350. The Kier molecular flexibility index (Phi) is 11.8. The van der Waals surface area contributed by atoms with Gasteiger partial charge in [-0.1, -0.05) is 56.3 Å². The number of carbonyl (C=O) groups excluding carboxylic acids is 3. The summed E-state index contributed by atoms with van der Waals surface area (Å²) < 4.78 is 0. The number of para-hydroxylation sites is 2. The van der Waals surface area contributed by atoms with E-state index in [2.05, 4.69) is 24.5 Å². The molecule has 0 fully saturated rings. The van der Waals surface area contributed by atoms with Crippen molar-refractivity contribution in [1.82, 2.24) is 5.32 Å². The lowest BCUT2D eigenvalue weighted by molar-refractivity contribution is -0.136. The molecule has 0 bridgehead atoms. The first-order valence-electron chi connectivity index (χ1n) is 13.3. The van der Waals surface area contributed by atoms with Gasteiger partial charge in [0, 0.05) is 29.9 Å². The summed E-state index contributed by atoms with van der Waals surface area (Å²) in [5, 5.41) is 14.3. The Hall–Kier alpha value is -4.31. The van der Waals surface area contributed by atoms with E-state index in [9.17, 15) is 19.2 Å². The van der Waals surface area contributed by atoms with Crippen molar-refractivity contribution in [3.05, 3.63) is 84.4 Å². The topological polar surface area (TPSA) is 119 Å². The Morgan fingerprint density at radius 2 is 1.61 bits per heavy atom. The van der Waals surface area contributed by atoms with Crippen LogP contribution in [0.4, 0.5) is 21.9 Å². The number of nitrogens with zero attached hydrogens (tertiary/aromatic N) is 2. The van der Waals surface area contributed by atoms with Crippen LogP contribution in [-0.4, -0.2) is 54.8 Å². The van der Waals surface area contributed by atoms with Gasteiger partial charge in [-0.2, -0.15) is 0 Å². The molecule has 3 N–H and O–H groups in total. The van der Waals surface area contributed by atoms with E-state index < -0.39 is 12.0 Å². The molecule has 0 saturated heterocycles. The first-order chi connectivity index (χ1) is 19.6. The molecule has 216 valence electrons. The molecule has 0 aliphatic heterocycles. The molecular weight excluding hydrogens is 540 g/mol. The third kappa shape index (κ3) is 9.99. The average molecular weight is 577 g/mol. The highest BCUT2D eigenvalue weighted by Gasteiger charge is 2.21. The fourth-order valence-corrected chi connectivity index (χ4v) is 4.93. The first kappa shape index (κ1) is 31.2. The summed E-state index contributed by atoms with van der Waals surface area (Å²) in [5.41, 5.74) is 2.46. The summed E-state index contributed by atoms with van der Waals surface area (Å²) in [6.07, 6.45) is 0.592. The van der Waals surface area contributed by atoms with E-state index in [0.29, 0.717) is 29.4 Å². The summed E-state index contributed by atoms with van der Waals surface area (Å²) in [6.45, 7) is 4.36. The molecule has 0 aromatic heterocycles. The van der Waals surface area contributed by atoms with Crippen LogP contribution in [0.2, 0.25) is 0 Å². The van der Waals surface area contributed by atoms with E-state index in [4.69, 9.17) is 5.11 Å². The predicted octanol–water partition coefficient (Wildman–Crippen LogP) is 5.27. The number of hydrogen-bond acceptors (Lipinski definition) is 5. The Labute approximate surface area is 244 Å². The number of benzene rings is 3. The second kappa shape index (κ2) is 15.5. The van der Waals surface area contributed by atoms with Crippen LogP contribution in [0, 0.1) is 5.92 Å². The van der Waals surface area contributed by atoms with Gasteiger partial charge in [-0.05, 0) is 54.3 Å². The number of carboxylic acid groups (broad SMARTS) is 1. The molecule has 0 radical (unpaired) electrons. The third-order valence-electron chi connectivity index (χ3n) is 6.20. The van der Waals surface area contributed by atoms with Crippen LogP contribution < -0.4 is 20.4 Å². The number of thioether (sulfide) groups is 1. The highest BCUT2D eigenvalue weighted by Crippen LogP contribution is 2.31. The van der Waals surface area contributed by atoms with Gasteiger partial charge < -0.3 is 25.5 Å². The van der Waals surface area contributed by atoms with E-state index in [-0.39, 0.29) is 30.5 Å². The maximum atomic E-state index is 13.4. The molecule has 3 rings (SSSR count). The van der Waals surface area contributed by atoms with Crippen molar-refractivity contribution in [1.29, 1.82) is 0 Å². The fraction of sp³-hybridized carbons (Fsp3) is 0.290. The molecule has 0 saturated carbocycles. The van der Waals surface area contributed by atoms with Gasteiger partial charge in [0.1, 0.15) is 0 Å². The third-order valence-corrected chi connectivity index (χ3v) is 7.24. The molecule has 3 aromatic carbocycles. The quantitative estimate of drug-likeness (QED) is 0.239. The Balaban J connectivity index is 1.67. The number of carboxylic acids is 1. The second-order valence-corrected chi connectivity index (χ2v) is 10.9. The van der Waals surface area contributed by atoms with Crippen LogP contribution in [0.3, 0.4) is 0 Å². The van der Waals surface area contributed by atoms with Crippen molar-refractivity contribution in [3.8, 4) is 0 Å². The number of carbonyl (C=O) groups is 4. The molecular formula is C31H36N4O5S. The number of aliphatic carboxylic acids is 1. The molecule has 41 heavy (non-hydrogen) atoms. The molecule has 10 heteroatoms. The molecule has 0 atom stereocenters. The Morgan fingerprint density at radius 1 is 0.902 bits per heavy atom. The van der Waals surface area contributed by atoms with E-state index in [0.717, 1.165) is 17.0 Å². The van der Waals surface area contributed by atoms with Crippen LogP contribution in [-0.2, 0) is 20.8 Å². The largest absolute Gasteiger partial charge is 0.481 e. The molecule has 9 nitrogen and oxygen atoms in total. The van der Waals surface area contributed by atoms with Crippen molar-refractivity contribution in [2.45, 2.75) is 31.6 Å². The zero-order chi connectivity index (χ0) is 29.8. The summed E-state index contributed by atoms with van der Waals surface area (Å²) in [7, 11) is 1.74. The van der Waals surface area contributed by atoms with Crippen LogP contribution in [0.15, 0.2) is 83.8 Å². The lowest BCUT2D eigenvalue weighted by atomic mass is 10.1. The maximum absolute atomic E-state index is 13.4. The summed E-state index contributed by atoms with van der Waals surface area (Å²) in [5.74, 6) is -0.788. The van der Waals surface area contributed by atoms with Crippen molar-refractivity contribution >= 4 is 52.6 Å². The summed E-state index contributed by atoms with van der Waals surface area (Å²) >= 11 is 1.36. The predicted molar refractivity (Wildman–Crippen MR) is 164 cm³/mol. The standard InChI is InChI=1S/C31H36N4O5S/c1-22(2)16-17-35(28(36)20-32-31(40)33-24-11-9-10-23(18-24)19-30(38)39)26-14-7-8-15-27(26)41-21-29(37)34(3)25-12-5-4-6-13-25/h4-15,18,22H,16-17,19-21H2,1-3H3,(H,38,39)(H2,32,33,40). The smallest absolute Gasteiger partial charge is 0.319 e. The lowest BCUT2D eigenvalue weighted by Crippen LogP contribution is -2.42. The number of urea groups is 1.